The molecule has 0 radical (unpaired) electrons. The summed E-state index contributed by atoms with van der Waals surface area (Å²) in [4.78, 5) is 10.7. The van der Waals surface area contributed by atoms with Crippen LogP contribution in [0.3, 0.4) is 0 Å². The summed E-state index contributed by atoms with van der Waals surface area (Å²) in [5, 5.41) is 1.57. The van der Waals surface area contributed by atoms with Crippen LogP contribution in [-0.2, 0) is 9.53 Å². The van der Waals surface area contributed by atoms with Gasteiger partial charge in [0.25, 0.3) is 0 Å². The molecule has 4 heteroatoms. The second kappa shape index (κ2) is 7.54. The van der Waals surface area contributed by atoms with Gasteiger partial charge in [-0.2, -0.15) is 0 Å². The highest BCUT2D eigenvalue weighted by Gasteiger charge is 1.99. The highest BCUT2D eigenvalue weighted by Crippen LogP contribution is 1.96. The van der Waals surface area contributed by atoms with Crippen molar-refractivity contribution in [1.82, 2.24) is 0 Å². The van der Waals surface area contributed by atoms with Crippen molar-refractivity contribution in [2.24, 2.45) is 0 Å². The molecule has 0 aromatic rings. The first-order valence-electron chi connectivity index (χ1n) is 3.08. The van der Waals surface area contributed by atoms with Crippen LogP contribution in [0.2, 0.25) is 0 Å². The van der Waals surface area contributed by atoms with Gasteiger partial charge in [0, 0.05) is 17.1 Å². The Bertz CT molecular complexity index is 85.7. The molecule has 0 aromatic heterocycles. The molecule has 2 nitrogen and oxygen atoms in total. The summed E-state index contributed by atoms with van der Waals surface area (Å²) >= 11 is 6.39. The van der Waals surface area contributed by atoms with Crippen molar-refractivity contribution in [3.05, 3.63) is 0 Å². The van der Waals surface area contributed by atoms with E-state index in [-0.39, 0.29) is 5.97 Å². The number of carbonyl (C=O) groups excluding carboxylic acids is 1. The van der Waals surface area contributed by atoms with Gasteiger partial charge in [0.05, 0.1) is 0 Å². The minimum absolute atomic E-state index is 0.112. The van der Waals surface area contributed by atoms with Crippen LogP contribution in [-0.4, -0.2) is 23.2 Å². The van der Waals surface area contributed by atoms with Gasteiger partial charge in [0.15, 0.2) is 0 Å². The summed E-state index contributed by atoms with van der Waals surface area (Å²) in [7, 11) is 0. The summed E-state index contributed by atoms with van der Waals surface area (Å²) in [5.41, 5.74) is 0. The Morgan fingerprint density at radius 2 is 2.00 bits per heavy atom. The number of ether oxygens (including phenoxy) is 1. The van der Waals surface area contributed by atoms with E-state index in [4.69, 9.17) is 4.74 Å². The fourth-order valence-corrected chi connectivity index (χ4v) is 0.878. The zero-order valence-corrected chi connectivity index (χ0v) is 8.78. The molecule has 10 heavy (non-hydrogen) atoms. The van der Waals surface area contributed by atoms with E-state index in [1.807, 2.05) is 0 Å². The second-order valence-electron chi connectivity index (χ2n) is 1.70. The Balaban J connectivity index is 3.09. The average Bonchev–Trinajstić information content (AvgIpc) is 1.97. The summed E-state index contributed by atoms with van der Waals surface area (Å²) in [6, 6.07) is 0. The smallest absolute Gasteiger partial charge is 0.305 e. The molecule has 0 N–H and O–H groups in total. The lowest BCUT2D eigenvalue weighted by Crippen LogP contribution is -2.06. The van der Waals surface area contributed by atoms with E-state index in [2.05, 4.69) is 31.9 Å². The molecular weight excluding hydrogens is 264 g/mol. The number of halogens is 2. The van der Waals surface area contributed by atoms with Crippen molar-refractivity contribution in [3.63, 3.8) is 0 Å². The third kappa shape index (κ3) is 6.55. The van der Waals surface area contributed by atoms with E-state index in [1.54, 1.807) is 0 Å². The van der Waals surface area contributed by atoms with Crippen LogP contribution in [0, 0.1) is 0 Å². The summed E-state index contributed by atoms with van der Waals surface area (Å²) in [6.45, 7) is 0.473. The first-order chi connectivity index (χ1) is 4.81. The SMILES string of the molecule is O=C(CCCBr)OCCBr. The Morgan fingerprint density at radius 1 is 1.30 bits per heavy atom. The molecule has 0 heterocycles. The number of esters is 1. The lowest BCUT2D eigenvalue weighted by molar-refractivity contribution is -0.142. The maximum Gasteiger partial charge on any atom is 0.305 e. The third-order valence-corrected chi connectivity index (χ3v) is 1.74. The molecule has 0 unspecified atom stereocenters. The predicted octanol–water partition coefficient (Wildman–Crippen LogP) is 2.10. The normalized spacial score (nSPS) is 9.40. The highest BCUT2D eigenvalue weighted by molar-refractivity contribution is 9.09. The van der Waals surface area contributed by atoms with Crippen molar-refractivity contribution in [2.75, 3.05) is 17.3 Å². The largest absolute Gasteiger partial charge is 0.465 e. The van der Waals surface area contributed by atoms with Gasteiger partial charge < -0.3 is 4.74 Å². The average molecular weight is 274 g/mol. The van der Waals surface area contributed by atoms with Gasteiger partial charge in [-0.05, 0) is 6.42 Å². The minimum Gasteiger partial charge on any atom is -0.465 e. The molecule has 0 rings (SSSR count). The van der Waals surface area contributed by atoms with Crippen LogP contribution in [0.5, 0.6) is 0 Å². The van der Waals surface area contributed by atoms with E-state index in [9.17, 15) is 4.79 Å². The van der Waals surface area contributed by atoms with Gasteiger partial charge in [-0.1, -0.05) is 31.9 Å². The van der Waals surface area contributed by atoms with Gasteiger partial charge >= 0.3 is 5.97 Å². The van der Waals surface area contributed by atoms with Crippen LogP contribution in [0.25, 0.3) is 0 Å². The summed E-state index contributed by atoms with van der Waals surface area (Å²) in [5.74, 6) is -0.112. The third-order valence-electron chi connectivity index (χ3n) is 0.855. The quantitative estimate of drug-likeness (QED) is 0.567. The molecule has 0 aliphatic carbocycles. The zero-order valence-electron chi connectivity index (χ0n) is 5.61. The van der Waals surface area contributed by atoms with Crippen LogP contribution in [0.1, 0.15) is 12.8 Å². The first kappa shape index (κ1) is 10.4. The summed E-state index contributed by atoms with van der Waals surface area (Å²) in [6.07, 6.45) is 1.36. The maximum absolute atomic E-state index is 10.7. The molecule has 0 saturated carbocycles. The number of carbonyl (C=O) groups is 1. The van der Waals surface area contributed by atoms with Crippen LogP contribution in [0.15, 0.2) is 0 Å². The molecular formula is C6H10Br2O2. The standard InChI is InChI=1S/C6H10Br2O2/c7-3-1-2-6(9)10-5-4-8/h1-5H2. The molecule has 0 amide bonds. The fraction of sp³-hybridized carbons (Fsp3) is 0.833. The Kier molecular flexibility index (Phi) is 7.86. The second-order valence-corrected chi connectivity index (χ2v) is 3.29. The van der Waals surface area contributed by atoms with Gasteiger partial charge in [0.1, 0.15) is 6.61 Å². The Morgan fingerprint density at radius 3 is 2.50 bits per heavy atom. The van der Waals surface area contributed by atoms with Gasteiger partial charge in [-0.25, -0.2) is 0 Å². The van der Waals surface area contributed by atoms with E-state index in [0.29, 0.717) is 18.4 Å². The fourth-order valence-electron chi connectivity index (χ4n) is 0.436. The summed E-state index contributed by atoms with van der Waals surface area (Å²) < 4.78 is 4.79. The molecule has 0 atom stereocenters. The molecule has 0 aliphatic rings. The Hall–Kier alpha value is 0.430. The van der Waals surface area contributed by atoms with Gasteiger partial charge in [0.2, 0.25) is 0 Å². The molecule has 0 spiro atoms. The van der Waals surface area contributed by atoms with Crippen LogP contribution < -0.4 is 0 Å². The molecule has 0 aliphatic heterocycles. The molecule has 0 fully saturated rings. The van der Waals surface area contributed by atoms with Crippen molar-refractivity contribution in [3.8, 4) is 0 Å². The first-order valence-corrected chi connectivity index (χ1v) is 5.33. The topological polar surface area (TPSA) is 26.3 Å². The number of hydrogen-bond donors (Lipinski definition) is 0. The van der Waals surface area contributed by atoms with Crippen molar-refractivity contribution >= 4 is 37.8 Å². The van der Waals surface area contributed by atoms with Crippen LogP contribution >= 0.6 is 31.9 Å². The van der Waals surface area contributed by atoms with Crippen molar-refractivity contribution in [2.45, 2.75) is 12.8 Å². The number of hydrogen-bond acceptors (Lipinski definition) is 2. The molecule has 0 saturated heterocycles. The molecule has 0 bridgehead atoms. The van der Waals surface area contributed by atoms with Gasteiger partial charge in [-0.15, -0.1) is 0 Å². The van der Waals surface area contributed by atoms with Gasteiger partial charge in [-0.3, -0.25) is 4.79 Å². The number of rotatable bonds is 5. The molecule has 0 aromatic carbocycles. The highest BCUT2D eigenvalue weighted by atomic mass is 79.9. The van der Waals surface area contributed by atoms with Crippen LogP contribution in [0.4, 0.5) is 0 Å². The minimum atomic E-state index is -0.112. The predicted molar refractivity (Wildman–Crippen MR) is 47.8 cm³/mol. The van der Waals surface area contributed by atoms with E-state index < -0.39 is 0 Å². The Labute approximate surface area is 77.6 Å². The van der Waals surface area contributed by atoms with E-state index in [1.165, 1.54) is 0 Å². The lowest BCUT2D eigenvalue weighted by Gasteiger charge is -1.99. The monoisotopic (exact) mass is 272 g/mol. The lowest BCUT2D eigenvalue weighted by atomic mass is 10.3. The number of alkyl halides is 2. The maximum atomic E-state index is 10.7. The van der Waals surface area contributed by atoms with E-state index in [0.717, 1.165) is 11.8 Å². The van der Waals surface area contributed by atoms with E-state index >= 15 is 0 Å². The van der Waals surface area contributed by atoms with Crippen molar-refractivity contribution < 1.29 is 9.53 Å². The molecule has 60 valence electrons. The van der Waals surface area contributed by atoms with Crippen molar-refractivity contribution in [1.29, 1.82) is 0 Å². The zero-order chi connectivity index (χ0) is 7.82.